The van der Waals surface area contributed by atoms with Crippen LogP contribution >= 0.6 is 11.3 Å². The number of anilines is 1. The molecule has 1 fully saturated rings. The van der Waals surface area contributed by atoms with Gasteiger partial charge in [0.05, 0.1) is 0 Å². The minimum Gasteiger partial charge on any atom is -0.302 e. The van der Waals surface area contributed by atoms with Crippen molar-refractivity contribution in [2.45, 2.75) is 19.3 Å². The van der Waals surface area contributed by atoms with Crippen LogP contribution in [-0.4, -0.2) is 36.7 Å². The average molecular weight is 416 g/mol. The van der Waals surface area contributed by atoms with Gasteiger partial charge in [-0.3, -0.25) is 4.79 Å². The first-order valence-corrected chi connectivity index (χ1v) is 10.5. The van der Waals surface area contributed by atoms with E-state index in [4.69, 9.17) is 5.14 Å². The molecule has 0 bridgehead atoms. The average Bonchev–Trinajstić information content (AvgIpc) is 3.04. The van der Waals surface area contributed by atoms with Gasteiger partial charge in [0.2, 0.25) is 5.91 Å². The van der Waals surface area contributed by atoms with E-state index in [0.717, 1.165) is 21.3 Å². The lowest BCUT2D eigenvalue weighted by molar-refractivity contribution is -0.120. The molecule has 1 saturated heterocycles. The van der Waals surface area contributed by atoms with Crippen LogP contribution in [0.3, 0.4) is 0 Å². The van der Waals surface area contributed by atoms with Crippen molar-refractivity contribution in [3.63, 3.8) is 0 Å². The molecule has 0 atom stereocenters. The number of amides is 1. The van der Waals surface area contributed by atoms with Crippen molar-refractivity contribution in [1.29, 1.82) is 0 Å². The molecular weight excluding hydrogens is 398 g/mol. The smallest absolute Gasteiger partial charge is 0.276 e. The van der Waals surface area contributed by atoms with Crippen LogP contribution in [0.4, 0.5) is 13.9 Å². The van der Waals surface area contributed by atoms with E-state index in [2.05, 4.69) is 10.3 Å². The number of aromatic nitrogens is 1. The lowest BCUT2D eigenvalue weighted by atomic mass is 9.97. The molecule has 1 aliphatic heterocycles. The third-order valence-electron chi connectivity index (χ3n) is 4.33. The first kappa shape index (κ1) is 19.8. The highest BCUT2D eigenvalue weighted by atomic mass is 32.2. The molecule has 1 aromatic carbocycles. The van der Waals surface area contributed by atoms with Crippen LogP contribution in [0.5, 0.6) is 0 Å². The summed E-state index contributed by atoms with van der Waals surface area (Å²) in [5, 5.41) is 8.22. The fourth-order valence-corrected chi connectivity index (χ4v) is 4.45. The van der Waals surface area contributed by atoms with Gasteiger partial charge >= 0.3 is 0 Å². The van der Waals surface area contributed by atoms with Gasteiger partial charge in [-0.1, -0.05) is 6.07 Å². The summed E-state index contributed by atoms with van der Waals surface area (Å²) in [6.45, 7) is 0.409. The molecule has 1 aliphatic rings. The Hall–Kier alpha value is -1.95. The van der Waals surface area contributed by atoms with Crippen LogP contribution in [-0.2, 0) is 21.4 Å². The topological polar surface area (TPSA) is 105 Å². The second-order valence-electron chi connectivity index (χ2n) is 6.26. The number of nitrogens with two attached hydrogens (primary N) is 1. The molecule has 3 rings (SSSR count). The molecule has 3 N–H and O–H groups in total. The fraction of sp³-hybridized carbons (Fsp3) is 0.375. The van der Waals surface area contributed by atoms with Crippen molar-refractivity contribution in [2.75, 3.05) is 18.4 Å². The Morgan fingerprint density at radius 3 is 2.63 bits per heavy atom. The van der Waals surface area contributed by atoms with Crippen LogP contribution in [0, 0.1) is 17.6 Å². The molecular formula is C16H18F2N4O3S2. The number of benzene rings is 1. The van der Waals surface area contributed by atoms with E-state index in [1.54, 1.807) is 6.20 Å². The zero-order valence-corrected chi connectivity index (χ0v) is 15.8. The summed E-state index contributed by atoms with van der Waals surface area (Å²) in [4.78, 5) is 17.3. The number of halogens is 2. The maximum Gasteiger partial charge on any atom is 0.276 e. The Morgan fingerprint density at radius 1 is 1.30 bits per heavy atom. The minimum atomic E-state index is -3.72. The molecule has 1 aromatic heterocycles. The summed E-state index contributed by atoms with van der Waals surface area (Å²) in [5.74, 6) is -2.35. The van der Waals surface area contributed by atoms with E-state index in [-0.39, 0.29) is 24.9 Å². The highest BCUT2D eigenvalue weighted by molar-refractivity contribution is 7.86. The first-order chi connectivity index (χ1) is 12.7. The molecule has 2 heterocycles. The molecule has 7 nitrogen and oxygen atoms in total. The quantitative estimate of drug-likeness (QED) is 0.776. The number of thiazole rings is 1. The van der Waals surface area contributed by atoms with Crippen molar-refractivity contribution in [3.05, 3.63) is 46.5 Å². The Kier molecular flexibility index (Phi) is 5.84. The summed E-state index contributed by atoms with van der Waals surface area (Å²) in [6, 6.07) is 3.70. The summed E-state index contributed by atoms with van der Waals surface area (Å²) >= 11 is 1.25. The zero-order chi connectivity index (χ0) is 19.6. The lowest BCUT2D eigenvalue weighted by Crippen LogP contribution is -2.44. The summed E-state index contributed by atoms with van der Waals surface area (Å²) in [7, 11) is -3.72. The van der Waals surface area contributed by atoms with E-state index in [0.29, 0.717) is 30.0 Å². The standard InChI is InChI=1S/C16H18F2N4O3S2/c17-13-2-1-10(8-14(13)18)7-12-9-20-16(26-12)21-15(23)11-3-5-22(6-4-11)27(19,24)25/h1-2,8-9,11H,3-7H2,(H2,19,24,25)(H,20,21,23). The van der Waals surface area contributed by atoms with Crippen LogP contribution < -0.4 is 10.5 Å². The van der Waals surface area contributed by atoms with Gasteiger partial charge in [0, 0.05) is 36.5 Å². The number of nitrogens with one attached hydrogen (secondary N) is 1. The largest absolute Gasteiger partial charge is 0.302 e. The van der Waals surface area contributed by atoms with E-state index in [1.165, 1.54) is 17.4 Å². The molecule has 1 amide bonds. The predicted molar refractivity (Wildman–Crippen MR) is 97.3 cm³/mol. The van der Waals surface area contributed by atoms with Gasteiger partial charge in [0.25, 0.3) is 10.2 Å². The third kappa shape index (κ3) is 5.06. The molecule has 0 spiro atoms. The van der Waals surface area contributed by atoms with Crippen molar-refractivity contribution >= 4 is 32.6 Å². The molecule has 146 valence electrons. The van der Waals surface area contributed by atoms with Crippen molar-refractivity contribution < 1.29 is 22.0 Å². The van der Waals surface area contributed by atoms with Gasteiger partial charge in [-0.05, 0) is 30.5 Å². The monoisotopic (exact) mass is 416 g/mol. The number of nitrogens with zero attached hydrogens (tertiary/aromatic N) is 2. The van der Waals surface area contributed by atoms with Crippen LogP contribution in [0.1, 0.15) is 23.3 Å². The maximum absolute atomic E-state index is 13.3. The Labute approximate surface area is 159 Å². The van der Waals surface area contributed by atoms with E-state index in [1.807, 2.05) is 0 Å². The predicted octanol–water partition coefficient (Wildman–Crippen LogP) is 1.87. The highest BCUT2D eigenvalue weighted by Gasteiger charge is 2.29. The molecule has 0 saturated carbocycles. The van der Waals surface area contributed by atoms with Crippen molar-refractivity contribution in [3.8, 4) is 0 Å². The second-order valence-corrected chi connectivity index (χ2v) is 8.93. The van der Waals surface area contributed by atoms with Gasteiger partial charge < -0.3 is 5.32 Å². The van der Waals surface area contributed by atoms with Crippen LogP contribution in [0.25, 0.3) is 0 Å². The van der Waals surface area contributed by atoms with E-state index >= 15 is 0 Å². The SMILES string of the molecule is NS(=O)(=O)N1CCC(C(=O)Nc2ncc(Cc3ccc(F)c(F)c3)s2)CC1. The number of rotatable bonds is 5. The van der Waals surface area contributed by atoms with E-state index < -0.39 is 21.8 Å². The number of piperidine rings is 1. The number of hydrogen-bond acceptors (Lipinski definition) is 5. The Morgan fingerprint density at radius 2 is 2.00 bits per heavy atom. The van der Waals surface area contributed by atoms with Crippen molar-refractivity contribution in [1.82, 2.24) is 9.29 Å². The zero-order valence-electron chi connectivity index (χ0n) is 14.2. The normalized spacial score (nSPS) is 16.4. The first-order valence-electron chi connectivity index (χ1n) is 8.20. The molecule has 27 heavy (non-hydrogen) atoms. The van der Waals surface area contributed by atoms with Gasteiger partial charge in [0.15, 0.2) is 16.8 Å². The summed E-state index contributed by atoms with van der Waals surface area (Å²) in [5.41, 5.74) is 0.603. The summed E-state index contributed by atoms with van der Waals surface area (Å²) in [6.07, 6.45) is 2.72. The fourth-order valence-electron chi connectivity index (χ4n) is 2.88. The Bertz CT molecular complexity index is 941. The lowest BCUT2D eigenvalue weighted by Gasteiger charge is -2.28. The molecule has 0 aliphatic carbocycles. The highest BCUT2D eigenvalue weighted by Crippen LogP contribution is 2.25. The summed E-state index contributed by atoms with van der Waals surface area (Å²) < 4.78 is 50.0. The number of hydrogen-bond donors (Lipinski definition) is 2. The molecule has 0 unspecified atom stereocenters. The van der Waals surface area contributed by atoms with Crippen molar-refractivity contribution in [2.24, 2.45) is 11.1 Å². The van der Waals surface area contributed by atoms with E-state index in [9.17, 15) is 22.0 Å². The minimum absolute atomic E-state index is 0.205. The maximum atomic E-state index is 13.3. The van der Waals surface area contributed by atoms with Gasteiger partial charge in [0.1, 0.15) is 0 Å². The molecule has 0 radical (unpaired) electrons. The van der Waals surface area contributed by atoms with Gasteiger partial charge in [-0.25, -0.2) is 18.9 Å². The number of carbonyl (C=O) groups excluding carboxylic acids is 1. The van der Waals surface area contributed by atoms with Gasteiger partial charge in [-0.15, -0.1) is 11.3 Å². The van der Waals surface area contributed by atoms with Crippen LogP contribution in [0.2, 0.25) is 0 Å². The molecule has 2 aromatic rings. The Balaban J connectivity index is 1.56. The number of carbonyl (C=O) groups is 1. The third-order valence-corrected chi connectivity index (χ3v) is 6.33. The van der Waals surface area contributed by atoms with Gasteiger partial charge in [-0.2, -0.15) is 12.7 Å². The van der Waals surface area contributed by atoms with Crippen LogP contribution in [0.15, 0.2) is 24.4 Å². The molecule has 11 heteroatoms. The second kappa shape index (κ2) is 7.97.